The first-order chi connectivity index (χ1) is 10.4. The molecule has 0 aromatic heterocycles. The Balaban J connectivity index is -0.00000000859. The predicted octanol–water partition coefficient (Wildman–Crippen LogP) is -23.7. The molecule has 0 rings (SSSR count). The van der Waals surface area contributed by atoms with Gasteiger partial charge in [-0.05, 0) is 0 Å². The monoisotopic (exact) mass is 929 g/mol. The molecule has 0 aromatic rings. The standard InChI is InChI=1S/6BO3.9Zn/c6*2-1(3)4;;;;;;;;;/q6*-3;9*+2. The van der Waals surface area contributed by atoms with Crippen LogP contribution >= 0.6 is 0 Å². The Morgan fingerprint density at radius 1 is 0.152 bits per heavy atom. The molecule has 0 bridgehead atoms. The van der Waals surface area contributed by atoms with Gasteiger partial charge in [0.15, 0.2) is 0 Å². The number of rotatable bonds is 0. The normalized spacial score (nSPS) is 4.91. The van der Waals surface area contributed by atoms with Crippen LogP contribution in [0.25, 0.3) is 0 Å². The first kappa shape index (κ1) is 98.2. The van der Waals surface area contributed by atoms with Gasteiger partial charge in [-0.1, -0.05) is 0 Å². The van der Waals surface area contributed by atoms with E-state index in [0.717, 1.165) is 0 Å². The first-order valence-electron chi connectivity index (χ1n) is 4.24. The molecule has 0 spiro atoms. The van der Waals surface area contributed by atoms with Gasteiger partial charge in [0.2, 0.25) is 0 Å². The maximum absolute atomic E-state index is 8.42. The van der Waals surface area contributed by atoms with Gasteiger partial charge in [-0.3, -0.25) is 43.9 Å². The molecule has 0 saturated carbocycles. The summed E-state index contributed by atoms with van der Waals surface area (Å²) in [6.07, 6.45) is 0. The molecule has 0 unspecified atom stereocenters. The molecule has 0 aliphatic rings. The maximum Gasteiger partial charge on any atom is 2.00 e. The average molecular weight is 941 g/mol. The Morgan fingerprint density at radius 3 is 0.152 bits per heavy atom. The van der Waals surface area contributed by atoms with Gasteiger partial charge in [0.25, 0.3) is 0 Å². The van der Waals surface area contributed by atoms with Gasteiger partial charge in [0.05, 0.1) is 0 Å². The second kappa shape index (κ2) is 90.5. The Labute approximate surface area is 305 Å². The summed E-state index contributed by atoms with van der Waals surface area (Å²) in [4.78, 5) is 0. The minimum absolute atomic E-state index is 0. The first-order valence-corrected chi connectivity index (χ1v) is 4.24. The Bertz CT molecular complexity index is 122. The van der Waals surface area contributed by atoms with E-state index in [4.69, 9.17) is 90.4 Å². The molecule has 0 atom stereocenters. The SMILES string of the molecule is [O-]B([O-])[O-].[O-]B([O-])[O-].[O-]B([O-])[O-].[O-]B([O-])[O-].[O-]B([O-])[O-].[O-]B([O-])[O-].[Zn+2].[Zn+2].[Zn+2].[Zn+2].[Zn+2].[Zn+2].[Zn+2].[Zn+2].[Zn+2]. The van der Waals surface area contributed by atoms with Crippen molar-refractivity contribution >= 4 is 43.9 Å². The molecule has 0 fully saturated rings. The van der Waals surface area contributed by atoms with Crippen LogP contribution in [0.15, 0.2) is 0 Å². The molecule has 18 nitrogen and oxygen atoms in total. The topological polar surface area (TPSA) is 415 Å². The number of hydrogen-bond donors (Lipinski definition) is 0. The van der Waals surface area contributed by atoms with Crippen LogP contribution < -0.4 is 90.4 Å². The Kier molecular flexibility index (Phi) is 269. The summed E-state index contributed by atoms with van der Waals surface area (Å²) in [5.74, 6) is 0. The van der Waals surface area contributed by atoms with E-state index in [1.807, 2.05) is 0 Å². The summed E-state index contributed by atoms with van der Waals surface area (Å²) in [7, 11) is -17.5. The van der Waals surface area contributed by atoms with E-state index in [1.54, 1.807) is 0 Å². The molecule has 33 heteroatoms. The third-order valence-corrected chi connectivity index (χ3v) is 0. The molecular formula is B6O18Zn9. The van der Waals surface area contributed by atoms with E-state index < -0.39 is 43.9 Å². The summed E-state index contributed by atoms with van der Waals surface area (Å²) < 4.78 is 0. The molecule has 0 radical (unpaired) electrons. The fourth-order valence-electron chi connectivity index (χ4n) is 0. The van der Waals surface area contributed by atoms with E-state index in [1.165, 1.54) is 0 Å². The van der Waals surface area contributed by atoms with Crippen LogP contribution in [0.1, 0.15) is 0 Å². The minimum Gasteiger partial charge on any atom is -0.907 e. The second-order valence-corrected chi connectivity index (χ2v) is 1.73. The predicted molar refractivity (Wildman–Crippen MR) is 34.5 cm³/mol. The third kappa shape index (κ3) is 1660. The van der Waals surface area contributed by atoms with Gasteiger partial charge in [-0.15, -0.1) is 0 Å². The zero-order valence-corrected chi connectivity index (χ0v) is 43.9. The van der Waals surface area contributed by atoms with Crippen LogP contribution in [0.5, 0.6) is 0 Å². The fourth-order valence-corrected chi connectivity index (χ4v) is 0. The molecule has 0 aliphatic heterocycles. The van der Waals surface area contributed by atoms with Crippen molar-refractivity contribution < 1.29 is 266 Å². The third-order valence-electron chi connectivity index (χ3n) is 0. The van der Waals surface area contributed by atoms with Gasteiger partial charge in [-0.25, -0.2) is 0 Å². The van der Waals surface area contributed by atoms with Crippen molar-refractivity contribution in [3.8, 4) is 0 Å². The number of hydrogen-bond acceptors (Lipinski definition) is 18. The van der Waals surface area contributed by atoms with Crippen molar-refractivity contribution in [1.29, 1.82) is 0 Å². The Hall–Kier alpha value is 5.28. The van der Waals surface area contributed by atoms with Gasteiger partial charge in [-0.2, -0.15) is 0 Å². The van der Waals surface area contributed by atoms with Gasteiger partial charge >= 0.3 is 175 Å². The molecule has 33 heavy (non-hydrogen) atoms. The molecule has 0 N–H and O–H groups in total. The molecule has 144 valence electrons. The molecule has 0 amide bonds. The second-order valence-electron chi connectivity index (χ2n) is 1.73. The van der Waals surface area contributed by atoms with E-state index in [-0.39, 0.29) is 175 Å². The van der Waals surface area contributed by atoms with Crippen molar-refractivity contribution in [3.05, 3.63) is 0 Å². The smallest absolute Gasteiger partial charge is 0.907 e. The fraction of sp³-hybridized carbons (Fsp3) is 0. The van der Waals surface area contributed by atoms with Crippen molar-refractivity contribution in [2.24, 2.45) is 0 Å². The van der Waals surface area contributed by atoms with Crippen molar-refractivity contribution in [1.82, 2.24) is 0 Å². The molecular weight excluding hydrogens is 941 g/mol. The quantitative estimate of drug-likeness (QED) is 0.203. The van der Waals surface area contributed by atoms with Crippen LogP contribution in [-0.4, -0.2) is 43.9 Å². The van der Waals surface area contributed by atoms with E-state index in [2.05, 4.69) is 0 Å². The largest absolute Gasteiger partial charge is 2.00 e. The average Bonchev–Trinajstić information content (AvgIpc) is 2.08. The summed E-state index contributed by atoms with van der Waals surface area (Å²) in [6.45, 7) is 0. The van der Waals surface area contributed by atoms with Crippen LogP contribution in [0, 0.1) is 0 Å². The van der Waals surface area contributed by atoms with Gasteiger partial charge in [0, 0.05) is 0 Å². The summed E-state index contributed by atoms with van der Waals surface area (Å²) in [6, 6.07) is 0. The molecule has 0 saturated heterocycles. The van der Waals surface area contributed by atoms with Crippen molar-refractivity contribution in [2.45, 2.75) is 0 Å². The van der Waals surface area contributed by atoms with E-state index >= 15 is 0 Å². The van der Waals surface area contributed by atoms with Crippen LogP contribution in [0.3, 0.4) is 0 Å². The zero-order valence-electron chi connectivity index (χ0n) is 17.2. The van der Waals surface area contributed by atoms with Crippen molar-refractivity contribution in [3.63, 3.8) is 0 Å². The van der Waals surface area contributed by atoms with Gasteiger partial charge < -0.3 is 90.4 Å². The molecule has 0 aliphatic carbocycles. The summed E-state index contributed by atoms with van der Waals surface area (Å²) in [5, 5.41) is 152. The summed E-state index contributed by atoms with van der Waals surface area (Å²) in [5.41, 5.74) is 0. The minimum atomic E-state index is -2.92. The van der Waals surface area contributed by atoms with Crippen LogP contribution in [0.2, 0.25) is 0 Å². The maximum atomic E-state index is 8.42. The Morgan fingerprint density at radius 2 is 0.152 bits per heavy atom. The molecule has 0 heterocycles. The zero-order chi connectivity index (χ0) is 21.5. The van der Waals surface area contributed by atoms with E-state index in [0.29, 0.717) is 0 Å². The van der Waals surface area contributed by atoms with Crippen molar-refractivity contribution in [2.75, 3.05) is 0 Å². The summed E-state index contributed by atoms with van der Waals surface area (Å²) >= 11 is 0. The molecule has 0 aromatic carbocycles. The van der Waals surface area contributed by atoms with Crippen LogP contribution in [-0.2, 0) is 175 Å². The van der Waals surface area contributed by atoms with Crippen LogP contribution in [0.4, 0.5) is 0 Å². The van der Waals surface area contributed by atoms with Gasteiger partial charge in [0.1, 0.15) is 0 Å². The van der Waals surface area contributed by atoms with E-state index in [9.17, 15) is 0 Å².